The zero-order valence-electron chi connectivity index (χ0n) is 14.1. The van der Waals surface area contributed by atoms with E-state index in [0.29, 0.717) is 11.6 Å². The molecule has 1 aromatic heterocycles. The van der Waals surface area contributed by atoms with Crippen LogP contribution in [-0.4, -0.2) is 29.9 Å². The molecule has 1 saturated carbocycles. The lowest BCUT2D eigenvalue weighted by molar-refractivity contribution is 0.0693. The summed E-state index contributed by atoms with van der Waals surface area (Å²) in [7, 11) is 3.04. The minimum absolute atomic E-state index is 0.0941. The van der Waals surface area contributed by atoms with Gasteiger partial charge in [0.15, 0.2) is 5.75 Å². The van der Waals surface area contributed by atoms with Crippen LogP contribution in [0.4, 0.5) is 0 Å². The number of nitrogens with zero attached hydrogens (tertiary/aromatic N) is 1. The second-order valence-corrected chi connectivity index (χ2v) is 6.60. The van der Waals surface area contributed by atoms with E-state index in [9.17, 15) is 14.7 Å². The topological polar surface area (TPSA) is 77.8 Å². The van der Waals surface area contributed by atoms with Crippen LogP contribution in [-0.2, 0) is 6.42 Å². The highest BCUT2D eigenvalue weighted by Gasteiger charge is 2.38. The summed E-state index contributed by atoms with van der Waals surface area (Å²) < 4.78 is 12.6. The number of ether oxygens (including phenoxy) is 2. The van der Waals surface area contributed by atoms with Crippen LogP contribution in [0.15, 0.2) is 29.2 Å². The Morgan fingerprint density at radius 2 is 2.00 bits per heavy atom. The van der Waals surface area contributed by atoms with Gasteiger partial charge < -0.3 is 19.1 Å². The van der Waals surface area contributed by atoms with E-state index in [1.165, 1.54) is 13.3 Å². The third kappa shape index (κ3) is 2.40. The lowest BCUT2D eigenvalue weighted by Crippen LogP contribution is -2.28. The van der Waals surface area contributed by atoms with Crippen molar-refractivity contribution in [3.8, 4) is 22.8 Å². The standard InChI is InChI=1S/C19H19NO5/c1-24-12-5-6-13-11(7-12)8-15(10-3-4-10)20-9-14(19(22)23)17(21)18(25-2)16(13)20/h5-7,9-10,15H,3-4,8H2,1-2H3,(H,22,23). The molecule has 0 amide bonds. The first kappa shape index (κ1) is 15.7. The molecule has 4 rings (SSSR count). The highest BCUT2D eigenvalue weighted by Crippen LogP contribution is 2.48. The molecule has 1 N–H and O–H groups in total. The number of carboxylic acids is 1. The van der Waals surface area contributed by atoms with Crippen molar-refractivity contribution in [2.75, 3.05) is 14.2 Å². The van der Waals surface area contributed by atoms with E-state index in [1.54, 1.807) is 7.11 Å². The summed E-state index contributed by atoms with van der Waals surface area (Å²) in [6, 6.07) is 5.87. The van der Waals surface area contributed by atoms with Crippen molar-refractivity contribution in [1.29, 1.82) is 0 Å². The quantitative estimate of drug-likeness (QED) is 0.925. The van der Waals surface area contributed by atoms with E-state index in [4.69, 9.17) is 9.47 Å². The van der Waals surface area contributed by atoms with Crippen molar-refractivity contribution < 1.29 is 19.4 Å². The van der Waals surface area contributed by atoms with E-state index >= 15 is 0 Å². The molecule has 130 valence electrons. The fraction of sp³-hybridized carbons (Fsp3) is 0.368. The van der Waals surface area contributed by atoms with Crippen LogP contribution in [0.2, 0.25) is 0 Å². The molecule has 1 aliphatic carbocycles. The number of carbonyl (C=O) groups is 1. The van der Waals surface area contributed by atoms with Crippen LogP contribution >= 0.6 is 0 Å². The number of hydrogen-bond donors (Lipinski definition) is 1. The lowest BCUT2D eigenvalue weighted by atomic mass is 9.89. The highest BCUT2D eigenvalue weighted by molar-refractivity contribution is 5.89. The average molecular weight is 341 g/mol. The molecule has 0 radical (unpaired) electrons. The normalized spacial score (nSPS) is 18.2. The molecule has 2 aromatic rings. The molecule has 0 bridgehead atoms. The van der Waals surface area contributed by atoms with Crippen molar-refractivity contribution in [3.05, 3.63) is 45.7 Å². The summed E-state index contributed by atoms with van der Waals surface area (Å²) in [6.45, 7) is 0. The first-order valence-corrected chi connectivity index (χ1v) is 8.28. The molecule has 2 aliphatic rings. The Labute approximate surface area is 144 Å². The van der Waals surface area contributed by atoms with Gasteiger partial charge in [0.25, 0.3) is 0 Å². The summed E-state index contributed by atoms with van der Waals surface area (Å²) in [5.74, 6) is 0.127. The Hall–Kier alpha value is -2.76. The third-order valence-corrected chi connectivity index (χ3v) is 5.15. The van der Waals surface area contributed by atoms with Crippen LogP contribution in [0.25, 0.3) is 11.3 Å². The fourth-order valence-corrected chi connectivity index (χ4v) is 3.77. The predicted octanol–water partition coefficient (Wildman–Crippen LogP) is 2.74. The molecule has 2 heterocycles. The van der Waals surface area contributed by atoms with Crippen LogP contribution < -0.4 is 14.9 Å². The minimum Gasteiger partial charge on any atom is -0.497 e. The Bertz CT molecular complexity index is 926. The lowest BCUT2D eigenvalue weighted by Gasteiger charge is -2.32. The number of aromatic nitrogens is 1. The van der Waals surface area contributed by atoms with E-state index in [1.807, 2.05) is 22.8 Å². The summed E-state index contributed by atoms with van der Waals surface area (Å²) in [5.41, 5.74) is 1.82. The van der Waals surface area contributed by atoms with Crippen molar-refractivity contribution in [2.45, 2.75) is 25.3 Å². The molecule has 0 saturated heterocycles. The molecular weight excluding hydrogens is 322 g/mol. The molecule has 1 aromatic carbocycles. The van der Waals surface area contributed by atoms with E-state index < -0.39 is 11.4 Å². The molecule has 6 heteroatoms. The van der Waals surface area contributed by atoms with Crippen LogP contribution in [0.5, 0.6) is 11.5 Å². The minimum atomic E-state index is -1.23. The molecule has 0 spiro atoms. The zero-order valence-corrected chi connectivity index (χ0v) is 14.1. The SMILES string of the molecule is COc1ccc2c(c1)CC(C1CC1)n1cc(C(=O)O)c(=O)c(OC)c1-2. The van der Waals surface area contributed by atoms with Crippen molar-refractivity contribution in [2.24, 2.45) is 5.92 Å². The molecule has 1 atom stereocenters. The average Bonchev–Trinajstić information content (AvgIpc) is 3.44. The molecular formula is C19H19NO5. The number of fused-ring (bicyclic) bond motifs is 3. The second-order valence-electron chi connectivity index (χ2n) is 6.60. The summed E-state index contributed by atoms with van der Waals surface area (Å²) in [4.78, 5) is 24.1. The smallest absolute Gasteiger partial charge is 0.341 e. The maximum Gasteiger partial charge on any atom is 0.341 e. The third-order valence-electron chi connectivity index (χ3n) is 5.15. The van der Waals surface area contributed by atoms with Gasteiger partial charge in [0.05, 0.1) is 19.9 Å². The van der Waals surface area contributed by atoms with E-state index in [0.717, 1.165) is 36.1 Å². The van der Waals surface area contributed by atoms with Crippen LogP contribution in [0.3, 0.4) is 0 Å². The summed E-state index contributed by atoms with van der Waals surface area (Å²) >= 11 is 0. The Kier molecular flexibility index (Phi) is 3.56. The molecule has 1 unspecified atom stereocenters. The molecule has 1 fully saturated rings. The van der Waals surface area contributed by atoms with Gasteiger partial charge in [0.2, 0.25) is 5.43 Å². The summed E-state index contributed by atoms with van der Waals surface area (Å²) in [5, 5.41) is 9.41. The zero-order chi connectivity index (χ0) is 17.7. The largest absolute Gasteiger partial charge is 0.497 e. The van der Waals surface area contributed by atoms with Crippen molar-refractivity contribution in [3.63, 3.8) is 0 Å². The predicted molar refractivity (Wildman–Crippen MR) is 91.7 cm³/mol. The van der Waals surface area contributed by atoms with Gasteiger partial charge in [-0.3, -0.25) is 4.79 Å². The van der Waals surface area contributed by atoms with Gasteiger partial charge in [0.1, 0.15) is 11.3 Å². The Morgan fingerprint density at radius 1 is 1.24 bits per heavy atom. The van der Waals surface area contributed by atoms with Crippen LogP contribution in [0.1, 0.15) is 34.8 Å². The number of rotatable bonds is 4. The molecule has 1 aliphatic heterocycles. The number of hydrogen-bond acceptors (Lipinski definition) is 4. The van der Waals surface area contributed by atoms with Crippen molar-refractivity contribution in [1.82, 2.24) is 4.57 Å². The van der Waals surface area contributed by atoms with Gasteiger partial charge in [-0.25, -0.2) is 4.79 Å². The van der Waals surface area contributed by atoms with Gasteiger partial charge in [-0.2, -0.15) is 0 Å². The van der Waals surface area contributed by atoms with Gasteiger partial charge in [0, 0.05) is 17.8 Å². The highest BCUT2D eigenvalue weighted by atomic mass is 16.5. The first-order chi connectivity index (χ1) is 12.0. The first-order valence-electron chi connectivity index (χ1n) is 8.28. The second kappa shape index (κ2) is 5.65. The van der Waals surface area contributed by atoms with Gasteiger partial charge in [-0.05, 0) is 48.9 Å². The van der Waals surface area contributed by atoms with E-state index in [2.05, 4.69) is 0 Å². The maximum absolute atomic E-state index is 12.6. The number of methoxy groups -OCH3 is 2. The molecule has 6 nitrogen and oxygen atoms in total. The number of aromatic carboxylic acids is 1. The van der Waals surface area contributed by atoms with Crippen LogP contribution in [0, 0.1) is 5.92 Å². The monoisotopic (exact) mass is 341 g/mol. The number of pyridine rings is 1. The maximum atomic E-state index is 12.6. The number of benzene rings is 1. The number of carboxylic acid groups (broad SMARTS) is 1. The Balaban J connectivity index is 2.03. The van der Waals surface area contributed by atoms with Crippen molar-refractivity contribution >= 4 is 5.97 Å². The summed E-state index contributed by atoms with van der Waals surface area (Å²) in [6.07, 6.45) is 4.49. The van der Waals surface area contributed by atoms with E-state index in [-0.39, 0.29) is 17.4 Å². The Morgan fingerprint density at radius 3 is 2.60 bits per heavy atom. The van der Waals surface area contributed by atoms with Gasteiger partial charge in [-0.15, -0.1) is 0 Å². The fourth-order valence-electron chi connectivity index (χ4n) is 3.77. The van der Waals surface area contributed by atoms with Gasteiger partial charge in [-0.1, -0.05) is 0 Å². The molecule has 25 heavy (non-hydrogen) atoms. The van der Waals surface area contributed by atoms with Gasteiger partial charge >= 0.3 is 5.97 Å².